The summed E-state index contributed by atoms with van der Waals surface area (Å²) in [6.07, 6.45) is 4.30. The molecular weight excluding hydrogens is 582 g/mol. The number of alkyl halides is 2. The largest absolute Gasteiger partial charge is 0.444 e. The summed E-state index contributed by atoms with van der Waals surface area (Å²) in [5.74, 6) is -3.02. The second kappa shape index (κ2) is 13.6. The lowest BCUT2D eigenvalue weighted by Gasteiger charge is -2.43. The number of anilines is 1. The molecule has 242 valence electrons. The number of nitrogens with zero attached hydrogens (tertiary/aromatic N) is 3. The van der Waals surface area contributed by atoms with Crippen LogP contribution in [0.25, 0.3) is 0 Å². The Morgan fingerprint density at radius 2 is 1.93 bits per heavy atom. The van der Waals surface area contributed by atoms with Gasteiger partial charge in [-0.05, 0) is 59.3 Å². The summed E-state index contributed by atoms with van der Waals surface area (Å²) in [4.78, 5) is 47.4. The summed E-state index contributed by atoms with van der Waals surface area (Å²) in [5, 5.41) is 8.19. The standard InChI is InChI=1S/C29H46F2N6O5S/c1-17-7-9-20(10-8-17)23(34-27(40)42-28(4,5)6)24(38)35-25-32-11-22(43-25)21(13-36-12-19(3)41-14-18(36)2)37-16-29(30,31)15-33-26(37)39/h11,17-21,23H,7-10,12-16H2,1-6H3,(H,33,39)(H,34,40)(H,32,35,38)/t17?,18-,19-,20?,21?,23+/m1/s1. The number of carbonyl (C=O) groups is 3. The number of thiazole rings is 1. The third kappa shape index (κ3) is 9.21. The molecule has 4 amide bonds. The molecule has 2 aliphatic heterocycles. The molecule has 0 radical (unpaired) electrons. The van der Waals surface area contributed by atoms with Crippen molar-refractivity contribution in [1.82, 2.24) is 25.4 Å². The average molecular weight is 629 g/mol. The first-order valence-corrected chi connectivity index (χ1v) is 16.0. The molecular formula is C29H46F2N6O5S. The molecule has 3 N–H and O–H groups in total. The lowest BCUT2D eigenvalue weighted by molar-refractivity contribution is -0.119. The van der Waals surface area contributed by atoms with Crippen LogP contribution in [0, 0.1) is 11.8 Å². The Hall–Kier alpha value is -2.58. The van der Waals surface area contributed by atoms with Crippen molar-refractivity contribution in [1.29, 1.82) is 0 Å². The second-order valence-electron chi connectivity index (χ2n) is 13.3. The number of halogens is 2. The molecule has 1 aliphatic carbocycles. The van der Waals surface area contributed by atoms with Gasteiger partial charge in [0.15, 0.2) is 5.13 Å². The van der Waals surface area contributed by atoms with Gasteiger partial charge in [0.2, 0.25) is 5.91 Å². The molecule has 4 atom stereocenters. The molecule has 1 aromatic rings. The van der Waals surface area contributed by atoms with E-state index in [0.29, 0.717) is 30.5 Å². The summed E-state index contributed by atoms with van der Waals surface area (Å²) in [5.41, 5.74) is -0.723. The van der Waals surface area contributed by atoms with Crippen LogP contribution in [0.5, 0.6) is 0 Å². The van der Waals surface area contributed by atoms with Crippen LogP contribution < -0.4 is 16.0 Å². The van der Waals surface area contributed by atoms with E-state index in [1.165, 1.54) is 6.20 Å². The third-order valence-corrected chi connectivity index (χ3v) is 9.26. The minimum atomic E-state index is -3.09. The third-order valence-electron chi connectivity index (χ3n) is 8.25. The van der Waals surface area contributed by atoms with Gasteiger partial charge in [-0.1, -0.05) is 31.1 Å². The van der Waals surface area contributed by atoms with Crippen molar-refractivity contribution < 1.29 is 32.6 Å². The van der Waals surface area contributed by atoms with Crippen LogP contribution in [-0.2, 0) is 14.3 Å². The minimum Gasteiger partial charge on any atom is -0.444 e. The SMILES string of the molecule is CC1CCC([C@H](NC(=O)OC(C)(C)C)C(=O)Nc2ncc(C(CN3C[C@@H](C)OC[C@H]3C)N3CC(F)(F)CNC3=O)s2)CC1. The highest BCUT2D eigenvalue weighted by Crippen LogP contribution is 2.35. The van der Waals surface area contributed by atoms with E-state index in [4.69, 9.17) is 9.47 Å². The Labute approximate surface area is 256 Å². The van der Waals surface area contributed by atoms with Crippen molar-refractivity contribution in [3.63, 3.8) is 0 Å². The average Bonchev–Trinajstić information content (AvgIpc) is 3.37. The summed E-state index contributed by atoms with van der Waals surface area (Å²) in [7, 11) is 0. The lowest BCUT2D eigenvalue weighted by atomic mass is 9.79. The van der Waals surface area contributed by atoms with E-state index in [9.17, 15) is 23.2 Å². The molecule has 3 aliphatic rings. The van der Waals surface area contributed by atoms with Crippen LogP contribution in [0.3, 0.4) is 0 Å². The normalized spacial score (nSPS) is 28.0. The van der Waals surface area contributed by atoms with Crippen LogP contribution in [0.15, 0.2) is 6.20 Å². The lowest BCUT2D eigenvalue weighted by Crippen LogP contribution is -2.59. The van der Waals surface area contributed by atoms with Gasteiger partial charge in [0.05, 0.1) is 36.7 Å². The number of amides is 4. The van der Waals surface area contributed by atoms with Gasteiger partial charge in [-0.2, -0.15) is 0 Å². The Bertz CT molecular complexity index is 1140. The number of ether oxygens (including phenoxy) is 2. The first kappa shape index (κ1) is 33.3. The summed E-state index contributed by atoms with van der Waals surface area (Å²) in [6, 6.07) is -2.10. The molecule has 1 aromatic heterocycles. The van der Waals surface area contributed by atoms with E-state index in [1.807, 2.05) is 13.8 Å². The van der Waals surface area contributed by atoms with Gasteiger partial charge in [0.1, 0.15) is 11.6 Å². The van der Waals surface area contributed by atoms with Gasteiger partial charge in [0.25, 0.3) is 5.92 Å². The first-order chi connectivity index (χ1) is 20.1. The van der Waals surface area contributed by atoms with Gasteiger partial charge >= 0.3 is 12.1 Å². The zero-order chi connectivity index (χ0) is 31.5. The number of nitrogens with one attached hydrogen (secondary N) is 3. The van der Waals surface area contributed by atoms with Crippen molar-refractivity contribution in [2.24, 2.45) is 11.8 Å². The maximum Gasteiger partial charge on any atom is 0.408 e. The fourth-order valence-corrected chi connectivity index (χ4v) is 6.78. The Balaban J connectivity index is 1.54. The number of alkyl carbamates (subject to hydrolysis) is 1. The molecule has 0 spiro atoms. The predicted molar refractivity (Wildman–Crippen MR) is 159 cm³/mol. The molecule has 14 heteroatoms. The quantitative estimate of drug-likeness (QED) is 0.384. The number of aromatic nitrogens is 1. The van der Waals surface area contributed by atoms with Gasteiger partial charge in [-0.25, -0.2) is 23.4 Å². The van der Waals surface area contributed by atoms with E-state index < -0.39 is 54.7 Å². The van der Waals surface area contributed by atoms with Crippen LogP contribution >= 0.6 is 11.3 Å². The monoisotopic (exact) mass is 628 g/mol. The molecule has 0 bridgehead atoms. The summed E-state index contributed by atoms with van der Waals surface area (Å²) >= 11 is 1.14. The van der Waals surface area contributed by atoms with E-state index >= 15 is 0 Å². The maximum atomic E-state index is 14.5. The van der Waals surface area contributed by atoms with E-state index in [1.54, 1.807) is 20.8 Å². The van der Waals surface area contributed by atoms with E-state index in [2.05, 4.69) is 32.8 Å². The van der Waals surface area contributed by atoms with Crippen LogP contribution in [-0.4, -0.2) is 95.3 Å². The highest BCUT2D eigenvalue weighted by atomic mass is 32.1. The Kier molecular flexibility index (Phi) is 10.5. The first-order valence-electron chi connectivity index (χ1n) is 15.1. The summed E-state index contributed by atoms with van der Waals surface area (Å²) < 4.78 is 40.2. The highest BCUT2D eigenvalue weighted by Gasteiger charge is 2.44. The molecule has 4 rings (SSSR count). The predicted octanol–water partition coefficient (Wildman–Crippen LogP) is 4.61. The van der Waals surface area contributed by atoms with E-state index in [-0.39, 0.29) is 23.2 Å². The number of hydrogen-bond acceptors (Lipinski definition) is 8. The minimum absolute atomic E-state index is 0.0251. The molecule has 3 heterocycles. The van der Waals surface area contributed by atoms with Crippen LogP contribution in [0.4, 0.5) is 23.5 Å². The zero-order valence-electron chi connectivity index (χ0n) is 26.0. The molecule has 3 fully saturated rings. The zero-order valence-corrected chi connectivity index (χ0v) is 26.8. The molecule has 1 unspecified atom stereocenters. The van der Waals surface area contributed by atoms with Crippen molar-refractivity contribution in [3.05, 3.63) is 11.1 Å². The van der Waals surface area contributed by atoms with Crippen molar-refractivity contribution in [3.8, 4) is 0 Å². The van der Waals surface area contributed by atoms with E-state index in [0.717, 1.165) is 41.9 Å². The fraction of sp³-hybridized carbons (Fsp3) is 0.793. The van der Waals surface area contributed by atoms with Gasteiger partial charge in [-0.3, -0.25) is 9.69 Å². The topological polar surface area (TPSA) is 125 Å². The number of carbonyl (C=O) groups excluding carboxylic acids is 3. The van der Waals surface area contributed by atoms with Gasteiger partial charge < -0.3 is 30.3 Å². The Morgan fingerprint density at radius 3 is 2.60 bits per heavy atom. The summed E-state index contributed by atoms with van der Waals surface area (Å²) in [6.45, 7) is 11.3. The van der Waals surface area contributed by atoms with Crippen molar-refractivity contribution >= 4 is 34.5 Å². The fourth-order valence-electron chi connectivity index (χ4n) is 5.86. The Morgan fingerprint density at radius 1 is 1.23 bits per heavy atom. The molecule has 43 heavy (non-hydrogen) atoms. The second-order valence-corrected chi connectivity index (χ2v) is 14.4. The molecule has 0 aromatic carbocycles. The number of urea groups is 1. The molecule has 1 saturated carbocycles. The maximum absolute atomic E-state index is 14.5. The van der Waals surface area contributed by atoms with Crippen molar-refractivity contribution in [2.45, 2.75) is 103 Å². The van der Waals surface area contributed by atoms with Crippen LogP contribution in [0.2, 0.25) is 0 Å². The van der Waals surface area contributed by atoms with Crippen molar-refractivity contribution in [2.75, 3.05) is 38.1 Å². The molecule has 11 nitrogen and oxygen atoms in total. The smallest absolute Gasteiger partial charge is 0.408 e. The number of rotatable bonds is 8. The van der Waals surface area contributed by atoms with Gasteiger partial charge in [0, 0.05) is 25.3 Å². The molecule has 2 saturated heterocycles. The van der Waals surface area contributed by atoms with Crippen LogP contribution in [0.1, 0.15) is 78.1 Å². The highest BCUT2D eigenvalue weighted by molar-refractivity contribution is 7.15. The number of morpholine rings is 1. The number of hydrogen-bond donors (Lipinski definition) is 3. The van der Waals surface area contributed by atoms with Gasteiger partial charge in [-0.15, -0.1) is 0 Å².